The molecule has 2 aromatic carbocycles. The van der Waals surface area contributed by atoms with Crippen molar-refractivity contribution in [2.75, 3.05) is 13.1 Å². The second kappa shape index (κ2) is 8.61. The van der Waals surface area contributed by atoms with Crippen LogP contribution >= 0.6 is 0 Å². The van der Waals surface area contributed by atoms with E-state index in [4.69, 9.17) is 4.84 Å². The summed E-state index contributed by atoms with van der Waals surface area (Å²) in [5.74, 6) is -1.35. The molecule has 2 amide bonds. The highest BCUT2D eigenvalue weighted by Crippen LogP contribution is 2.30. The number of amides is 2. The van der Waals surface area contributed by atoms with Crippen LogP contribution in [-0.2, 0) is 4.84 Å². The highest BCUT2D eigenvalue weighted by Gasteiger charge is 2.39. The Balaban J connectivity index is 1.35. The number of hydrogen-bond acceptors (Lipinski definition) is 6. The fourth-order valence-electron chi connectivity index (χ4n) is 3.87. The number of fused-ring (bicyclic) bond motifs is 1. The number of halogens is 3. The molecule has 0 saturated carbocycles. The fourth-order valence-corrected chi connectivity index (χ4v) is 3.87. The van der Waals surface area contributed by atoms with E-state index in [1.165, 1.54) is 24.3 Å². The van der Waals surface area contributed by atoms with Crippen molar-refractivity contribution in [3.8, 4) is 11.8 Å². The van der Waals surface area contributed by atoms with Crippen LogP contribution in [0.1, 0.15) is 45.2 Å². The van der Waals surface area contributed by atoms with Crippen LogP contribution in [0.15, 0.2) is 48.5 Å². The topological polar surface area (TPSA) is 82.9 Å². The zero-order valence-corrected chi connectivity index (χ0v) is 16.7. The van der Waals surface area contributed by atoms with Crippen molar-refractivity contribution < 1.29 is 32.3 Å². The molecule has 4 rings (SSSR count). The van der Waals surface area contributed by atoms with Crippen molar-refractivity contribution in [3.63, 3.8) is 0 Å². The molecule has 1 unspecified atom stereocenters. The molecule has 166 valence electrons. The first-order valence-electron chi connectivity index (χ1n) is 9.91. The Morgan fingerprint density at radius 1 is 0.969 bits per heavy atom. The number of piperidine rings is 1. The molecule has 0 radical (unpaired) electrons. The summed E-state index contributed by atoms with van der Waals surface area (Å²) in [4.78, 5) is 32.5. The SMILES string of the molecule is N#CC(c1ccc(OC(F)(F)F)cc1)N1CCC(ON2C(=O)c3ccccc3C2=O)CC1. The molecule has 32 heavy (non-hydrogen) atoms. The Bertz CT molecular complexity index is 1020. The molecule has 0 aliphatic carbocycles. The van der Waals surface area contributed by atoms with Crippen molar-refractivity contribution in [1.29, 1.82) is 5.26 Å². The molecular formula is C22H18F3N3O4. The Kier molecular flexibility index (Phi) is 5.86. The van der Waals surface area contributed by atoms with Gasteiger partial charge >= 0.3 is 6.36 Å². The first-order valence-corrected chi connectivity index (χ1v) is 9.91. The molecule has 2 aromatic rings. The van der Waals surface area contributed by atoms with E-state index < -0.39 is 24.2 Å². The molecule has 0 N–H and O–H groups in total. The standard InChI is InChI=1S/C22H18F3N3O4/c23-22(24,25)31-15-7-5-14(6-8-15)19(13-26)27-11-9-16(10-12-27)32-28-20(29)17-3-1-2-4-18(17)21(28)30/h1-8,16,19H,9-12H2. The van der Waals surface area contributed by atoms with Gasteiger partial charge in [0.1, 0.15) is 11.8 Å². The summed E-state index contributed by atoms with van der Waals surface area (Å²) >= 11 is 0. The van der Waals surface area contributed by atoms with E-state index in [9.17, 15) is 28.0 Å². The van der Waals surface area contributed by atoms with E-state index in [2.05, 4.69) is 10.8 Å². The predicted octanol–water partition coefficient (Wildman–Crippen LogP) is 3.84. The van der Waals surface area contributed by atoms with Gasteiger partial charge in [-0.15, -0.1) is 18.2 Å². The lowest BCUT2D eigenvalue weighted by Crippen LogP contribution is -2.42. The van der Waals surface area contributed by atoms with Gasteiger partial charge in [-0.25, -0.2) is 0 Å². The third-order valence-electron chi connectivity index (χ3n) is 5.40. The number of ether oxygens (including phenoxy) is 1. The maximum absolute atomic E-state index is 12.4. The zero-order valence-electron chi connectivity index (χ0n) is 16.7. The number of carbonyl (C=O) groups is 2. The maximum Gasteiger partial charge on any atom is 0.573 e. The number of carbonyl (C=O) groups excluding carboxylic acids is 2. The maximum atomic E-state index is 12.4. The fraction of sp³-hybridized carbons (Fsp3) is 0.318. The zero-order chi connectivity index (χ0) is 22.9. The second-order valence-electron chi connectivity index (χ2n) is 7.44. The van der Waals surface area contributed by atoms with Crippen LogP contribution < -0.4 is 4.74 Å². The van der Waals surface area contributed by atoms with Crippen molar-refractivity contribution in [3.05, 3.63) is 65.2 Å². The molecule has 2 heterocycles. The number of nitrogens with zero attached hydrogens (tertiary/aromatic N) is 3. The van der Waals surface area contributed by atoms with Gasteiger partial charge < -0.3 is 4.74 Å². The summed E-state index contributed by atoms with van der Waals surface area (Å²) < 4.78 is 40.8. The molecule has 0 aromatic heterocycles. The lowest BCUT2D eigenvalue weighted by Gasteiger charge is -2.35. The Hall–Kier alpha value is -3.42. The lowest BCUT2D eigenvalue weighted by molar-refractivity contribution is -0.274. The molecule has 0 spiro atoms. The monoisotopic (exact) mass is 445 g/mol. The van der Waals surface area contributed by atoms with Gasteiger partial charge in [-0.1, -0.05) is 24.3 Å². The van der Waals surface area contributed by atoms with E-state index >= 15 is 0 Å². The Morgan fingerprint density at radius 3 is 2.03 bits per heavy atom. The van der Waals surface area contributed by atoms with Gasteiger partial charge in [0.05, 0.1) is 23.3 Å². The van der Waals surface area contributed by atoms with E-state index in [-0.39, 0.29) is 11.9 Å². The predicted molar refractivity (Wildman–Crippen MR) is 104 cm³/mol. The molecule has 1 atom stereocenters. The van der Waals surface area contributed by atoms with Crippen molar-refractivity contribution in [2.24, 2.45) is 0 Å². The number of nitriles is 1. The van der Waals surface area contributed by atoms with Gasteiger partial charge in [0.2, 0.25) is 0 Å². The minimum Gasteiger partial charge on any atom is -0.406 e. The summed E-state index contributed by atoms with van der Waals surface area (Å²) in [6, 6.07) is 13.2. The van der Waals surface area contributed by atoms with Crippen LogP contribution in [0.3, 0.4) is 0 Å². The van der Waals surface area contributed by atoms with Gasteiger partial charge in [-0.05, 0) is 42.7 Å². The minimum atomic E-state index is -4.78. The lowest BCUT2D eigenvalue weighted by atomic mass is 10.0. The van der Waals surface area contributed by atoms with Crippen molar-refractivity contribution in [2.45, 2.75) is 31.3 Å². The second-order valence-corrected chi connectivity index (χ2v) is 7.44. The number of hydrogen-bond donors (Lipinski definition) is 0. The van der Waals surface area contributed by atoms with Crippen LogP contribution in [-0.4, -0.2) is 47.3 Å². The number of hydroxylamine groups is 2. The van der Waals surface area contributed by atoms with Gasteiger partial charge in [-0.3, -0.25) is 19.3 Å². The number of likely N-dealkylation sites (tertiary alicyclic amines) is 1. The normalized spacial score (nSPS) is 18.4. The average molecular weight is 445 g/mol. The van der Waals surface area contributed by atoms with Crippen LogP contribution in [0.4, 0.5) is 13.2 Å². The first-order chi connectivity index (χ1) is 15.3. The van der Waals surface area contributed by atoms with E-state index in [1.54, 1.807) is 24.3 Å². The molecule has 2 aliphatic rings. The third-order valence-corrected chi connectivity index (χ3v) is 5.40. The number of rotatable bonds is 5. The molecule has 7 nitrogen and oxygen atoms in total. The van der Waals surface area contributed by atoms with Gasteiger partial charge in [0.25, 0.3) is 11.8 Å². The van der Waals surface area contributed by atoms with E-state index in [0.717, 1.165) is 5.06 Å². The minimum absolute atomic E-state index is 0.303. The van der Waals surface area contributed by atoms with Crippen LogP contribution in [0.5, 0.6) is 5.75 Å². The summed E-state index contributed by atoms with van der Waals surface area (Å²) in [5.41, 5.74) is 1.15. The van der Waals surface area contributed by atoms with Crippen LogP contribution in [0.25, 0.3) is 0 Å². The molecular weight excluding hydrogens is 427 g/mol. The number of alkyl halides is 3. The average Bonchev–Trinajstić information content (AvgIpc) is 3.01. The largest absolute Gasteiger partial charge is 0.573 e. The van der Waals surface area contributed by atoms with Gasteiger partial charge in [0, 0.05) is 13.1 Å². The Morgan fingerprint density at radius 2 is 1.53 bits per heavy atom. The van der Waals surface area contributed by atoms with Gasteiger partial charge in [0.15, 0.2) is 0 Å². The Labute approximate surface area is 181 Å². The highest BCUT2D eigenvalue weighted by molar-refractivity contribution is 6.20. The summed E-state index contributed by atoms with van der Waals surface area (Å²) in [6.07, 6.45) is -4.21. The van der Waals surface area contributed by atoms with Crippen LogP contribution in [0.2, 0.25) is 0 Å². The molecule has 1 saturated heterocycles. The number of imide groups is 1. The molecule has 10 heteroatoms. The van der Waals surface area contributed by atoms with Gasteiger partial charge in [-0.2, -0.15) is 5.26 Å². The number of benzene rings is 2. The molecule has 2 aliphatic heterocycles. The summed E-state index contributed by atoms with van der Waals surface area (Å²) in [5, 5.41) is 10.4. The smallest absolute Gasteiger partial charge is 0.406 e. The highest BCUT2D eigenvalue weighted by atomic mass is 19.4. The van der Waals surface area contributed by atoms with Crippen molar-refractivity contribution in [1.82, 2.24) is 9.96 Å². The molecule has 1 fully saturated rings. The van der Waals surface area contributed by atoms with Crippen LogP contribution in [0, 0.1) is 11.3 Å². The summed E-state index contributed by atoms with van der Waals surface area (Å²) in [6.45, 7) is 0.903. The van der Waals surface area contributed by atoms with E-state index in [1.807, 2.05) is 4.90 Å². The quantitative estimate of drug-likeness (QED) is 0.651. The third kappa shape index (κ3) is 4.44. The first kappa shape index (κ1) is 21.8. The van der Waals surface area contributed by atoms with Crippen molar-refractivity contribution >= 4 is 11.8 Å². The molecule has 0 bridgehead atoms. The summed E-state index contributed by atoms with van der Waals surface area (Å²) in [7, 11) is 0. The van der Waals surface area contributed by atoms with E-state index in [0.29, 0.717) is 42.6 Å².